The van der Waals surface area contributed by atoms with Crippen LogP contribution in [0.3, 0.4) is 0 Å². The summed E-state index contributed by atoms with van der Waals surface area (Å²) < 4.78 is 5.87. The van der Waals surface area contributed by atoms with E-state index in [9.17, 15) is 14.7 Å². The van der Waals surface area contributed by atoms with E-state index in [1.807, 2.05) is 52.8 Å². The van der Waals surface area contributed by atoms with E-state index in [0.717, 1.165) is 22.4 Å². The zero-order valence-electron chi connectivity index (χ0n) is 17.3. The van der Waals surface area contributed by atoms with Crippen LogP contribution in [-0.2, 0) is 4.79 Å². The van der Waals surface area contributed by atoms with Crippen LogP contribution in [0.4, 0.5) is 5.69 Å². The van der Waals surface area contributed by atoms with Gasteiger partial charge in [-0.25, -0.2) is 4.79 Å². The summed E-state index contributed by atoms with van der Waals surface area (Å²) >= 11 is 0. The van der Waals surface area contributed by atoms with Crippen molar-refractivity contribution in [2.24, 2.45) is 5.41 Å². The fourth-order valence-electron chi connectivity index (χ4n) is 2.91. The van der Waals surface area contributed by atoms with E-state index in [0.29, 0.717) is 25.1 Å². The zero-order chi connectivity index (χ0) is 20.9. The molecule has 0 atom stereocenters. The molecule has 0 saturated carbocycles. The normalized spacial score (nSPS) is 11.2. The number of aryl methyl sites for hydroxylation is 3. The lowest BCUT2D eigenvalue weighted by molar-refractivity contribution is -0.124. The highest BCUT2D eigenvalue weighted by atomic mass is 16.5. The summed E-state index contributed by atoms with van der Waals surface area (Å²) in [5.74, 6) is -0.391. The van der Waals surface area contributed by atoms with Crippen molar-refractivity contribution in [1.29, 1.82) is 0 Å². The smallest absolute Gasteiger partial charge is 0.337 e. The molecule has 28 heavy (non-hydrogen) atoms. The van der Waals surface area contributed by atoms with Gasteiger partial charge >= 0.3 is 5.97 Å². The molecule has 0 aliphatic rings. The number of nitrogens with one attached hydrogen (secondary N) is 1. The van der Waals surface area contributed by atoms with Crippen LogP contribution in [-0.4, -0.2) is 23.6 Å². The Morgan fingerprint density at radius 1 is 1.04 bits per heavy atom. The minimum Gasteiger partial charge on any atom is -0.493 e. The van der Waals surface area contributed by atoms with Crippen molar-refractivity contribution < 1.29 is 19.4 Å². The van der Waals surface area contributed by atoms with Crippen molar-refractivity contribution in [1.82, 2.24) is 0 Å². The summed E-state index contributed by atoms with van der Waals surface area (Å²) in [6.07, 6.45) is 1.34. The van der Waals surface area contributed by atoms with Crippen LogP contribution < -0.4 is 10.1 Å². The molecule has 2 aromatic carbocycles. The average molecular weight is 383 g/mol. The average Bonchev–Trinajstić information content (AvgIpc) is 2.62. The van der Waals surface area contributed by atoms with Gasteiger partial charge in [-0.3, -0.25) is 4.79 Å². The fourth-order valence-corrected chi connectivity index (χ4v) is 2.91. The lowest BCUT2D eigenvalue weighted by atomic mass is 9.86. The van der Waals surface area contributed by atoms with Gasteiger partial charge in [0.1, 0.15) is 5.75 Å². The molecule has 150 valence electrons. The number of hydrogen-bond donors (Lipinski definition) is 2. The lowest BCUT2D eigenvalue weighted by Gasteiger charge is -2.24. The second-order valence-corrected chi connectivity index (χ2v) is 7.91. The van der Waals surface area contributed by atoms with Crippen LogP contribution in [0, 0.1) is 26.2 Å². The van der Waals surface area contributed by atoms with Gasteiger partial charge in [0, 0.05) is 5.41 Å². The maximum absolute atomic E-state index is 12.7. The van der Waals surface area contributed by atoms with Gasteiger partial charge in [-0.05, 0) is 62.9 Å². The molecule has 0 saturated heterocycles. The van der Waals surface area contributed by atoms with Gasteiger partial charge in [0.05, 0.1) is 17.9 Å². The summed E-state index contributed by atoms with van der Waals surface area (Å²) in [5.41, 5.74) is 2.84. The monoisotopic (exact) mass is 383 g/mol. The molecule has 0 radical (unpaired) electrons. The molecule has 0 aromatic heterocycles. The van der Waals surface area contributed by atoms with Crippen molar-refractivity contribution in [2.45, 2.75) is 47.5 Å². The van der Waals surface area contributed by atoms with Crippen LogP contribution in [0.2, 0.25) is 0 Å². The highest BCUT2D eigenvalue weighted by Crippen LogP contribution is 2.27. The van der Waals surface area contributed by atoms with Gasteiger partial charge in [-0.2, -0.15) is 0 Å². The van der Waals surface area contributed by atoms with E-state index in [4.69, 9.17) is 4.74 Å². The van der Waals surface area contributed by atoms with Crippen molar-refractivity contribution in [2.75, 3.05) is 11.9 Å². The van der Waals surface area contributed by atoms with E-state index < -0.39 is 11.4 Å². The number of ether oxygens (including phenoxy) is 1. The van der Waals surface area contributed by atoms with Crippen molar-refractivity contribution in [3.8, 4) is 5.75 Å². The molecule has 0 bridgehead atoms. The summed E-state index contributed by atoms with van der Waals surface area (Å²) in [6.45, 7) is 10.1. The number of benzene rings is 2. The molecule has 1 amide bonds. The Hall–Kier alpha value is -2.82. The van der Waals surface area contributed by atoms with Gasteiger partial charge < -0.3 is 15.2 Å². The van der Waals surface area contributed by atoms with Crippen LogP contribution >= 0.6 is 0 Å². The maximum atomic E-state index is 12.7. The van der Waals surface area contributed by atoms with Gasteiger partial charge in [0.25, 0.3) is 0 Å². The van der Waals surface area contributed by atoms with Crippen LogP contribution in [0.1, 0.15) is 53.7 Å². The second-order valence-electron chi connectivity index (χ2n) is 7.91. The van der Waals surface area contributed by atoms with Crippen molar-refractivity contribution in [3.63, 3.8) is 0 Å². The summed E-state index contributed by atoms with van der Waals surface area (Å²) in [6, 6.07) is 11.1. The Morgan fingerprint density at radius 2 is 1.68 bits per heavy atom. The number of carbonyl (C=O) groups is 2. The molecular formula is C23H29NO4. The largest absolute Gasteiger partial charge is 0.493 e. The molecule has 5 nitrogen and oxygen atoms in total. The Labute approximate surface area is 166 Å². The first-order valence-corrected chi connectivity index (χ1v) is 9.45. The zero-order valence-corrected chi connectivity index (χ0v) is 17.3. The topological polar surface area (TPSA) is 75.6 Å². The van der Waals surface area contributed by atoms with E-state index >= 15 is 0 Å². The van der Waals surface area contributed by atoms with E-state index in [1.165, 1.54) is 0 Å². The van der Waals surface area contributed by atoms with E-state index in [1.54, 1.807) is 18.2 Å². The molecule has 0 unspecified atom stereocenters. The Balaban J connectivity index is 1.94. The fraction of sp³-hybridized carbons (Fsp3) is 0.391. The van der Waals surface area contributed by atoms with E-state index in [-0.39, 0.29) is 11.5 Å². The standard InChI is InChI=1S/C23H29NO4/c1-15-8-10-19(18(13-15)21(25)26)24-22(27)23(4,5)11-6-12-28-20-14-16(2)7-9-17(20)3/h7-10,13-14H,6,11-12H2,1-5H3,(H,24,27)(H,25,26). The molecular weight excluding hydrogens is 354 g/mol. The third-order valence-corrected chi connectivity index (χ3v) is 4.82. The first kappa shape index (κ1) is 21.5. The summed E-state index contributed by atoms with van der Waals surface area (Å²) in [7, 11) is 0. The SMILES string of the molecule is Cc1ccc(C)c(OCCCC(C)(C)C(=O)Nc2ccc(C)cc2C(=O)O)c1. The first-order chi connectivity index (χ1) is 13.1. The van der Waals surface area contributed by atoms with E-state index in [2.05, 4.69) is 5.32 Å². The van der Waals surface area contributed by atoms with Gasteiger partial charge in [-0.1, -0.05) is 37.6 Å². The van der Waals surface area contributed by atoms with Gasteiger partial charge in [0.15, 0.2) is 0 Å². The Kier molecular flexibility index (Phi) is 6.84. The molecule has 5 heteroatoms. The van der Waals surface area contributed by atoms with Gasteiger partial charge in [-0.15, -0.1) is 0 Å². The quantitative estimate of drug-likeness (QED) is 0.619. The molecule has 0 aliphatic carbocycles. The lowest BCUT2D eigenvalue weighted by Crippen LogP contribution is -2.31. The molecule has 2 aromatic rings. The molecule has 0 fully saturated rings. The second kappa shape index (κ2) is 8.91. The predicted molar refractivity (Wildman–Crippen MR) is 111 cm³/mol. The minimum absolute atomic E-state index is 0.0994. The molecule has 2 rings (SSSR count). The molecule has 0 heterocycles. The number of carboxylic acids is 1. The molecule has 0 aliphatic heterocycles. The number of anilines is 1. The Bertz CT molecular complexity index is 871. The highest BCUT2D eigenvalue weighted by molar-refractivity contribution is 6.02. The van der Waals surface area contributed by atoms with Gasteiger partial charge in [0.2, 0.25) is 5.91 Å². The van der Waals surface area contributed by atoms with Crippen LogP contribution in [0.5, 0.6) is 5.75 Å². The number of amides is 1. The molecule has 0 spiro atoms. The Morgan fingerprint density at radius 3 is 2.36 bits per heavy atom. The third-order valence-electron chi connectivity index (χ3n) is 4.82. The van der Waals surface area contributed by atoms with Crippen LogP contribution in [0.25, 0.3) is 0 Å². The number of hydrogen-bond acceptors (Lipinski definition) is 3. The van der Waals surface area contributed by atoms with Crippen LogP contribution in [0.15, 0.2) is 36.4 Å². The third kappa shape index (κ3) is 5.59. The number of aromatic carboxylic acids is 1. The highest BCUT2D eigenvalue weighted by Gasteiger charge is 2.28. The number of carboxylic acid groups (broad SMARTS) is 1. The number of rotatable bonds is 8. The number of carbonyl (C=O) groups excluding carboxylic acids is 1. The first-order valence-electron chi connectivity index (χ1n) is 9.45. The minimum atomic E-state index is -1.06. The summed E-state index contributed by atoms with van der Waals surface area (Å²) in [4.78, 5) is 24.1. The van der Waals surface area contributed by atoms with Crippen molar-refractivity contribution >= 4 is 17.6 Å². The predicted octanol–water partition coefficient (Wildman–Crippen LogP) is 5.13. The maximum Gasteiger partial charge on any atom is 0.337 e. The summed E-state index contributed by atoms with van der Waals surface area (Å²) in [5, 5.41) is 12.1. The van der Waals surface area contributed by atoms with Crippen molar-refractivity contribution in [3.05, 3.63) is 58.7 Å². The molecule has 2 N–H and O–H groups in total.